The van der Waals surface area contributed by atoms with Crippen LogP contribution in [0.15, 0.2) is 6.07 Å². The molecule has 1 aliphatic heterocycles. The zero-order valence-electron chi connectivity index (χ0n) is 14.9. The molecule has 8 heteroatoms. The van der Waals surface area contributed by atoms with E-state index in [9.17, 15) is 8.42 Å². The Morgan fingerprint density at radius 2 is 1.80 bits per heavy atom. The van der Waals surface area contributed by atoms with Crippen molar-refractivity contribution in [2.24, 2.45) is 0 Å². The summed E-state index contributed by atoms with van der Waals surface area (Å²) in [5.41, 5.74) is 0.472. The average Bonchev–Trinajstić information content (AvgIpc) is 2.62. The average molecular weight is 388 g/mol. The van der Waals surface area contributed by atoms with Crippen LogP contribution in [0.2, 0.25) is 5.28 Å². The topological polar surface area (TPSA) is 72.4 Å². The van der Waals surface area contributed by atoms with Gasteiger partial charge in [-0.05, 0) is 38.3 Å². The van der Waals surface area contributed by atoms with Crippen LogP contribution < -0.4 is 4.90 Å². The highest BCUT2D eigenvalue weighted by molar-refractivity contribution is 7.92. The van der Waals surface area contributed by atoms with E-state index in [1.54, 1.807) is 19.9 Å². The maximum absolute atomic E-state index is 13.3. The molecule has 0 unspecified atom stereocenters. The molecule has 2 heterocycles. The summed E-state index contributed by atoms with van der Waals surface area (Å²) in [6.07, 6.45) is 4.54. The van der Waals surface area contributed by atoms with E-state index >= 15 is 0 Å². The molecule has 0 radical (unpaired) electrons. The number of nitrogens with zero attached hydrogens (tertiary/aromatic N) is 3. The largest absolute Gasteiger partial charge is 0.378 e. The van der Waals surface area contributed by atoms with Gasteiger partial charge < -0.3 is 9.64 Å². The number of ether oxygens (including phenoxy) is 1. The highest BCUT2D eigenvalue weighted by atomic mass is 35.5. The molecule has 2 aliphatic rings. The first-order valence-corrected chi connectivity index (χ1v) is 10.9. The molecule has 0 spiro atoms. The monoisotopic (exact) mass is 387 g/mol. The molecule has 1 aromatic heterocycles. The zero-order chi connectivity index (χ0) is 18.1. The molecule has 2 fully saturated rings. The van der Waals surface area contributed by atoms with Gasteiger partial charge >= 0.3 is 0 Å². The van der Waals surface area contributed by atoms with E-state index in [1.165, 1.54) is 0 Å². The van der Waals surface area contributed by atoms with Crippen LogP contribution in [0.1, 0.15) is 51.6 Å². The Balaban J connectivity index is 1.94. The van der Waals surface area contributed by atoms with Crippen LogP contribution in [-0.2, 0) is 19.3 Å². The van der Waals surface area contributed by atoms with Crippen LogP contribution in [0.4, 0.5) is 5.82 Å². The Kier molecular flexibility index (Phi) is 5.56. The van der Waals surface area contributed by atoms with Gasteiger partial charge in [-0.2, -0.15) is 0 Å². The van der Waals surface area contributed by atoms with Gasteiger partial charge in [0.05, 0.1) is 24.2 Å². The molecule has 0 bridgehead atoms. The van der Waals surface area contributed by atoms with Gasteiger partial charge in [0.1, 0.15) is 10.6 Å². The first-order chi connectivity index (χ1) is 11.8. The molecular weight excluding hydrogens is 362 g/mol. The van der Waals surface area contributed by atoms with Crippen LogP contribution in [0.3, 0.4) is 0 Å². The number of hydrogen-bond acceptors (Lipinski definition) is 6. The van der Waals surface area contributed by atoms with Gasteiger partial charge in [-0.15, -0.1) is 0 Å². The molecule has 1 saturated carbocycles. The number of morpholine rings is 1. The first-order valence-electron chi connectivity index (χ1n) is 8.93. The molecule has 0 N–H and O–H groups in total. The zero-order valence-corrected chi connectivity index (χ0v) is 16.4. The number of rotatable bonds is 4. The van der Waals surface area contributed by atoms with Crippen molar-refractivity contribution in [3.05, 3.63) is 17.0 Å². The fourth-order valence-corrected chi connectivity index (χ4v) is 5.97. The lowest BCUT2D eigenvalue weighted by atomic mass is 10.0. The molecule has 25 heavy (non-hydrogen) atoms. The predicted octanol–water partition coefficient (Wildman–Crippen LogP) is 2.95. The third-order valence-electron chi connectivity index (χ3n) is 5.34. The minimum atomic E-state index is -3.37. The molecule has 6 nitrogen and oxygen atoms in total. The Morgan fingerprint density at radius 1 is 1.16 bits per heavy atom. The van der Waals surface area contributed by atoms with E-state index in [0.29, 0.717) is 37.8 Å². The van der Waals surface area contributed by atoms with Gasteiger partial charge in [0.15, 0.2) is 9.84 Å². The molecule has 3 rings (SSSR count). The summed E-state index contributed by atoms with van der Waals surface area (Å²) in [7, 11) is -3.37. The van der Waals surface area contributed by atoms with E-state index in [4.69, 9.17) is 16.3 Å². The van der Waals surface area contributed by atoms with E-state index in [2.05, 4.69) is 14.9 Å². The molecule has 0 aromatic carbocycles. The number of anilines is 1. The van der Waals surface area contributed by atoms with Crippen molar-refractivity contribution < 1.29 is 13.2 Å². The maximum atomic E-state index is 13.3. The standard InChI is InChI=1S/C17H26ClN3O3S/c1-17(2,25(22,23)13-6-4-3-5-7-13)14-12-15(20-16(18)19-14)21-8-10-24-11-9-21/h12-13H,3-11H2,1-2H3. The van der Waals surface area contributed by atoms with Crippen molar-refractivity contribution in [2.75, 3.05) is 31.2 Å². The van der Waals surface area contributed by atoms with Gasteiger partial charge in [-0.1, -0.05) is 19.3 Å². The second-order valence-electron chi connectivity index (χ2n) is 7.30. The number of aromatic nitrogens is 2. The third-order valence-corrected chi connectivity index (χ3v) is 8.49. The Labute approximate surface area is 154 Å². The van der Waals surface area contributed by atoms with Gasteiger partial charge in [-0.25, -0.2) is 18.4 Å². The van der Waals surface area contributed by atoms with E-state index < -0.39 is 14.6 Å². The fraction of sp³-hybridized carbons (Fsp3) is 0.765. The highest BCUT2D eigenvalue weighted by Gasteiger charge is 2.43. The summed E-state index contributed by atoms with van der Waals surface area (Å²) in [4.78, 5) is 10.6. The SMILES string of the molecule is CC(C)(c1cc(N2CCOCC2)nc(Cl)n1)S(=O)(=O)C1CCCCC1. The summed E-state index contributed by atoms with van der Waals surface area (Å²) in [5.74, 6) is 0.671. The molecule has 0 amide bonds. The van der Waals surface area contributed by atoms with Gasteiger partial charge in [0, 0.05) is 19.2 Å². The predicted molar refractivity (Wildman–Crippen MR) is 98.9 cm³/mol. The summed E-state index contributed by atoms with van der Waals surface area (Å²) < 4.78 is 30.8. The van der Waals surface area contributed by atoms with Crippen molar-refractivity contribution in [3.8, 4) is 0 Å². The number of hydrogen-bond donors (Lipinski definition) is 0. The molecule has 0 atom stereocenters. The number of halogens is 1. The van der Waals surface area contributed by atoms with Crippen LogP contribution >= 0.6 is 11.6 Å². The fourth-order valence-electron chi connectivity index (χ4n) is 3.61. The van der Waals surface area contributed by atoms with Gasteiger partial charge in [0.25, 0.3) is 0 Å². The highest BCUT2D eigenvalue weighted by Crippen LogP contribution is 2.38. The lowest BCUT2D eigenvalue weighted by molar-refractivity contribution is 0.122. The molecule has 1 aliphatic carbocycles. The van der Waals surface area contributed by atoms with Crippen LogP contribution in [0.5, 0.6) is 0 Å². The Bertz CT molecular complexity index is 712. The lowest BCUT2D eigenvalue weighted by Crippen LogP contribution is -2.40. The molecule has 1 saturated heterocycles. The van der Waals surface area contributed by atoms with E-state index in [0.717, 1.165) is 32.1 Å². The summed E-state index contributed by atoms with van der Waals surface area (Å²) in [6.45, 7) is 6.14. The quantitative estimate of drug-likeness (QED) is 0.739. The van der Waals surface area contributed by atoms with Crippen molar-refractivity contribution in [1.29, 1.82) is 0 Å². The van der Waals surface area contributed by atoms with E-state index in [-0.39, 0.29) is 10.5 Å². The van der Waals surface area contributed by atoms with Crippen LogP contribution in [0, 0.1) is 0 Å². The summed E-state index contributed by atoms with van der Waals surface area (Å²) in [5, 5.41) is -0.206. The van der Waals surface area contributed by atoms with Crippen molar-refractivity contribution in [3.63, 3.8) is 0 Å². The second kappa shape index (κ2) is 7.37. The van der Waals surface area contributed by atoms with E-state index in [1.807, 2.05) is 0 Å². The Hall–Kier alpha value is -0.920. The molecular formula is C17H26ClN3O3S. The normalized spacial score (nSPS) is 20.7. The first kappa shape index (κ1) is 18.9. The third kappa shape index (κ3) is 3.78. The van der Waals surface area contributed by atoms with Crippen molar-refractivity contribution in [2.45, 2.75) is 55.9 Å². The van der Waals surface area contributed by atoms with Crippen molar-refractivity contribution in [1.82, 2.24) is 9.97 Å². The van der Waals surface area contributed by atoms with Crippen LogP contribution in [-0.4, -0.2) is 49.9 Å². The lowest BCUT2D eigenvalue weighted by Gasteiger charge is -2.33. The van der Waals surface area contributed by atoms with Gasteiger partial charge in [-0.3, -0.25) is 0 Å². The van der Waals surface area contributed by atoms with Gasteiger partial charge in [0.2, 0.25) is 5.28 Å². The Morgan fingerprint density at radius 3 is 2.44 bits per heavy atom. The summed E-state index contributed by atoms with van der Waals surface area (Å²) >= 11 is 6.14. The maximum Gasteiger partial charge on any atom is 0.224 e. The van der Waals surface area contributed by atoms with Crippen molar-refractivity contribution >= 4 is 27.3 Å². The number of sulfone groups is 1. The molecule has 1 aromatic rings. The molecule has 140 valence electrons. The smallest absolute Gasteiger partial charge is 0.224 e. The summed E-state index contributed by atoms with van der Waals surface area (Å²) in [6, 6.07) is 1.78. The minimum absolute atomic E-state index is 0.0888. The van der Waals surface area contributed by atoms with Crippen LogP contribution in [0.25, 0.3) is 0 Å². The second-order valence-corrected chi connectivity index (χ2v) is 10.4. The minimum Gasteiger partial charge on any atom is -0.378 e.